The maximum atomic E-state index is 5.78. The zero-order valence-corrected chi connectivity index (χ0v) is 18.8. The fraction of sp³-hybridized carbons (Fsp3) is 0.857. The van der Waals surface area contributed by atoms with Gasteiger partial charge in [-0.1, -0.05) is 0 Å². The SMILES string of the molecule is CN1CCN(C)C1=[N+](C)C.CN1CC[N+](C)=C1Cl.C[N-]C.[Cl-].[Li+].[Li+]. The summed E-state index contributed by atoms with van der Waals surface area (Å²) in [7, 11) is 15.9. The van der Waals surface area contributed by atoms with Gasteiger partial charge in [0.25, 0.3) is 0 Å². The van der Waals surface area contributed by atoms with Crippen LogP contribution in [0.1, 0.15) is 0 Å². The molecule has 10 heteroatoms. The number of hydrogen-bond donors (Lipinski definition) is 0. The van der Waals surface area contributed by atoms with E-state index < -0.39 is 0 Å². The fourth-order valence-electron chi connectivity index (χ4n) is 2.25. The minimum atomic E-state index is 0. The molecule has 0 atom stereocenters. The van der Waals surface area contributed by atoms with Crippen molar-refractivity contribution < 1.29 is 59.3 Å². The number of halogens is 2. The van der Waals surface area contributed by atoms with Crippen molar-refractivity contribution >= 4 is 22.9 Å². The number of likely N-dealkylation sites (N-methyl/N-ethyl adjacent to an activating group) is 4. The van der Waals surface area contributed by atoms with Crippen LogP contribution in [0.2, 0.25) is 0 Å². The first-order valence-electron chi connectivity index (χ1n) is 7.15. The van der Waals surface area contributed by atoms with Crippen molar-refractivity contribution in [3.8, 4) is 0 Å². The third-order valence-electron chi connectivity index (χ3n) is 3.25. The molecule has 0 aliphatic carbocycles. The second-order valence-electron chi connectivity index (χ2n) is 5.60. The number of rotatable bonds is 0. The molecule has 1 saturated heterocycles. The van der Waals surface area contributed by atoms with E-state index in [1.807, 2.05) is 23.6 Å². The van der Waals surface area contributed by atoms with Crippen LogP contribution in [0, 0.1) is 0 Å². The zero-order valence-electron chi connectivity index (χ0n) is 17.3. The van der Waals surface area contributed by atoms with E-state index in [9.17, 15) is 0 Å². The molecule has 0 bridgehead atoms. The topological polar surface area (TPSA) is 29.8 Å². The third-order valence-corrected chi connectivity index (χ3v) is 3.83. The molecular formula is C14H32Cl2Li2N6+2. The van der Waals surface area contributed by atoms with Crippen molar-refractivity contribution in [1.82, 2.24) is 14.7 Å². The van der Waals surface area contributed by atoms with Gasteiger partial charge in [0, 0.05) is 11.6 Å². The van der Waals surface area contributed by atoms with Gasteiger partial charge in [-0.2, -0.15) is 14.1 Å². The predicted octanol–water partition coefficient (Wildman–Crippen LogP) is -8.71. The molecule has 6 nitrogen and oxygen atoms in total. The van der Waals surface area contributed by atoms with Gasteiger partial charge in [-0.15, -0.1) is 0 Å². The average molecular weight is 369 g/mol. The molecule has 0 aromatic rings. The van der Waals surface area contributed by atoms with Gasteiger partial charge in [-0.3, -0.25) is 23.9 Å². The largest absolute Gasteiger partial charge is 1.00 e. The maximum Gasteiger partial charge on any atom is 1.00 e. The molecule has 132 valence electrons. The molecule has 0 aromatic carbocycles. The van der Waals surface area contributed by atoms with Gasteiger partial charge in [0.2, 0.25) is 0 Å². The molecule has 2 aliphatic rings. The second-order valence-corrected chi connectivity index (χ2v) is 5.93. The molecule has 0 spiro atoms. The summed E-state index contributed by atoms with van der Waals surface area (Å²) in [4.78, 5) is 6.56. The Morgan fingerprint density at radius 2 is 1.33 bits per heavy atom. The molecule has 2 aliphatic heterocycles. The van der Waals surface area contributed by atoms with Crippen LogP contribution in [-0.4, -0.2) is 118 Å². The van der Waals surface area contributed by atoms with Gasteiger partial charge in [0.15, 0.2) is 0 Å². The van der Waals surface area contributed by atoms with E-state index in [2.05, 4.69) is 47.9 Å². The van der Waals surface area contributed by atoms with Crippen LogP contribution in [-0.2, 0) is 0 Å². The molecule has 0 unspecified atom stereocenters. The van der Waals surface area contributed by atoms with Crippen LogP contribution in [0.5, 0.6) is 0 Å². The Morgan fingerprint density at radius 1 is 0.958 bits per heavy atom. The summed E-state index contributed by atoms with van der Waals surface area (Å²) in [5.41, 5.74) is 0. The molecule has 0 radical (unpaired) electrons. The number of hydrogen-bond acceptors (Lipinski definition) is 1. The quantitative estimate of drug-likeness (QED) is 0.241. The number of guanidine groups is 1. The van der Waals surface area contributed by atoms with E-state index in [0.717, 1.165) is 31.5 Å². The Hall–Kier alpha value is 0.475. The number of nitrogens with zero attached hydrogens (tertiary/aromatic N) is 6. The third kappa shape index (κ3) is 11.2. The van der Waals surface area contributed by atoms with Crippen LogP contribution < -0.4 is 50.1 Å². The van der Waals surface area contributed by atoms with Crippen molar-refractivity contribution in [2.45, 2.75) is 0 Å². The van der Waals surface area contributed by atoms with Crippen LogP contribution in [0.3, 0.4) is 0 Å². The standard InChI is InChI=1S/C7H16N3.C5H10ClN2.C2H6N.ClH.2Li/c1-8(2)7-9(3)5-6-10(7)4;1-7-3-4-8(2)5(7)6;1-3-2;;;/h5-6H2,1-4H3;3-4H2,1-2H3;1-2H3;1H;;/q2*+1;-1;;2*+1/p-1. The smallest absolute Gasteiger partial charge is 1.00 e. The molecule has 0 N–H and O–H groups in total. The van der Waals surface area contributed by atoms with E-state index >= 15 is 0 Å². The normalized spacial score (nSPS) is 15.4. The van der Waals surface area contributed by atoms with Crippen LogP contribution in [0.25, 0.3) is 5.32 Å². The molecule has 0 aromatic heterocycles. The van der Waals surface area contributed by atoms with Gasteiger partial charge in [0.05, 0.1) is 55.4 Å². The molecule has 2 heterocycles. The van der Waals surface area contributed by atoms with Crippen molar-refractivity contribution in [3.05, 3.63) is 5.32 Å². The van der Waals surface area contributed by atoms with Gasteiger partial charge >= 0.3 is 49.0 Å². The Bertz CT molecular complexity index is 377. The van der Waals surface area contributed by atoms with E-state index in [4.69, 9.17) is 11.6 Å². The summed E-state index contributed by atoms with van der Waals surface area (Å²) in [6.45, 7) is 4.39. The summed E-state index contributed by atoms with van der Waals surface area (Å²) >= 11 is 5.78. The van der Waals surface area contributed by atoms with Crippen molar-refractivity contribution in [3.63, 3.8) is 0 Å². The molecule has 1 fully saturated rings. The molecular weight excluding hydrogens is 337 g/mol. The Labute approximate surface area is 184 Å². The van der Waals surface area contributed by atoms with Gasteiger partial charge in [-0.05, 0) is 0 Å². The molecule has 24 heavy (non-hydrogen) atoms. The van der Waals surface area contributed by atoms with Gasteiger partial charge in [0.1, 0.15) is 13.1 Å². The maximum absolute atomic E-state index is 5.78. The van der Waals surface area contributed by atoms with Crippen molar-refractivity contribution in [2.75, 3.05) is 82.6 Å². The first-order valence-corrected chi connectivity index (χ1v) is 7.53. The van der Waals surface area contributed by atoms with Crippen LogP contribution >= 0.6 is 11.6 Å². The molecule has 0 amide bonds. The summed E-state index contributed by atoms with van der Waals surface area (Å²) < 4.78 is 4.18. The van der Waals surface area contributed by atoms with Crippen LogP contribution in [0.4, 0.5) is 0 Å². The van der Waals surface area contributed by atoms with E-state index in [0.29, 0.717) is 0 Å². The predicted molar refractivity (Wildman–Crippen MR) is 92.1 cm³/mol. The van der Waals surface area contributed by atoms with Crippen molar-refractivity contribution in [2.24, 2.45) is 0 Å². The summed E-state index contributed by atoms with van der Waals surface area (Å²) in [5.74, 6) is 1.31. The molecule has 2 rings (SSSR count). The van der Waals surface area contributed by atoms with Gasteiger partial charge in [-0.25, -0.2) is 0 Å². The van der Waals surface area contributed by atoms with Crippen molar-refractivity contribution in [1.29, 1.82) is 0 Å². The summed E-state index contributed by atoms with van der Waals surface area (Å²) in [6, 6.07) is 0. The number of amidine groups is 1. The van der Waals surface area contributed by atoms with Crippen LogP contribution in [0.15, 0.2) is 0 Å². The summed E-state index contributed by atoms with van der Waals surface area (Å²) in [5, 5.41) is 4.35. The Morgan fingerprint density at radius 3 is 1.46 bits per heavy atom. The monoisotopic (exact) mass is 368 g/mol. The van der Waals surface area contributed by atoms with E-state index in [-0.39, 0.29) is 50.1 Å². The zero-order chi connectivity index (χ0) is 16.6. The Balaban J connectivity index is -0.000000131. The second kappa shape index (κ2) is 16.9. The summed E-state index contributed by atoms with van der Waals surface area (Å²) in [6.07, 6.45) is 0. The molecule has 0 saturated carbocycles. The fourth-order valence-corrected chi connectivity index (χ4v) is 2.42. The Kier molecular flexibility index (Phi) is 22.7. The average Bonchev–Trinajstić information content (AvgIpc) is 2.88. The van der Waals surface area contributed by atoms with E-state index in [1.165, 1.54) is 5.96 Å². The first kappa shape index (κ1) is 32.2. The van der Waals surface area contributed by atoms with E-state index in [1.54, 1.807) is 14.1 Å². The minimum Gasteiger partial charge on any atom is -1.00 e. The van der Waals surface area contributed by atoms with Gasteiger partial charge < -0.3 is 17.7 Å². The minimum absolute atomic E-state index is 0. The first-order chi connectivity index (χ1) is 9.76.